The molecule has 5 rings (SSSR count). The van der Waals surface area contributed by atoms with Gasteiger partial charge in [0.25, 0.3) is 0 Å². The maximum Gasteiger partial charge on any atom is 0.319 e. The summed E-state index contributed by atoms with van der Waals surface area (Å²) >= 11 is 0. The predicted molar refractivity (Wildman–Crippen MR) is 140 cm³/mol. The quantitative estimate of drug-likeness (QED) is 0.565. The molecular weight excluding hydrogens is 456 g/mol. The van der Waals surface area contributed by atoms with E-state index in [4.69, 9.17) is 14.7 Å². The molecule has 4 heterocycles. The third-order valence-electron chi connectivity index (χ3n) is 6.46. The van der Waals surface area contributed by atoms with E-state index >= 15 is 0 Å². The van der Waals surface area contributed by atoms with Crippen LogP contribution in [0.15, 0.2) is 36.5 Å². The van der Waals surface area contributed by atoms with Crippen molar-refractivity contribution in [1.82, 2.24) is 25.3 Å². The van der Waals surface area contributed by atoms with E-state index in [0.717, 1.165) is 73.4 Å². The summed E-state index contributed by atoms with van der Waals surface area (Å²) < 4.78 is 5.61. The molecule has 2 N–H and O–H groups in total. The molecule has 36 heavy (non-hydrogen) atoms. The van der Waals surface area contributed by atoms with Gasteiger partial charge in [0.1, 0.15) is 17.5 Å². The highest BCUT2D eigenvalue weighted by molar-refractivity contribution is 5.89. The number of rotatable bonds is 5. The largest absolute Gasteiger partial charge is 0.378 e. The number of hydrogen-bond donors (Lipinski definition) is 2. The number of nitrogens with zero attached hydrogens (tertiary/aromatic N) is 6. The van der Waals surface area contributed by atoms with Crippen molar-refractivity contribution in [3.05, 3.63) is 53.6 Å². The van der Waals surface area contributed by atoms with Crippen molar-refractivity contribution in [2.75, 3.05) is 61.1 Å². The molecular formula is C26H32N8O2. The Hall–Kier alpha value is -3.79. The summed E-state index contributed by atoms with van der Waals surface area (Å²) in [7, 11) is 0. The number of urea groups is 1. The number of aryl methyl sites for hydroxylation is 1. The van der Waals surface area contributed by atoms with Crippen molar-refractivity contribution in [3.63, 3.8) is 0 Å². The number of carbonyl (C=O) groups excluding carboxylic acids is 1. The average Bonchev–Trinajstić information content (AvgIpc) is 3.12. The van der Waals surface area contributed by atoms with Crippen LogP contribution in [0.25, 0.3) is 11.4 Å². The first-order chi connectivity index (χ1) is 17.6. The van der Waals surface area contributed by atoms with Crippen molar-refractivity contribution >= 4 is 23.4 Å². The van der Waals surface area contributed by atoms with Gasteiger partial charge in [0, 0.05) is 62.2 Å². The first-order valence-corrected chi connectivity index (χ1v) is 12.5. The smallest absolute Gasteiger partial charge is 0.319 e. The van der Waals surface area contributed by atoms with E-state index in [1.54, 1.807) is 0 Å². The van der Waals surface area contributed by atoms with E-state index in [2.05, 4.69) is 30.4 Å². The number of anilines is 3. The molecule has 0 atom stereocenters. The van der Waals surface area contributed by atoms with Gasteiger partial charge in [-0.3, -0.25) is 0 Å². The first kappa shape index (κ1) is 23.9. The van der Waals surface area contributed by atoms with E-state index in [1.165, 1.54) is 5.56 Å². The zero-order chi connectivity index (χ0) is 24.9. The summed E-state index contributed by atoms with van der Waals surface area (Å²) in [6.07, 6.45) is 3.47. The van der Waals surface area contributed by atoms with Crippen LogP contribution in [0.4, 0.5) is 22.1 Å². The Morgan fingerprint density at radius 3 is 2.50 bits per heavy atom. The van der Waals surface area contributed by atoms with Crippen LogP contribution in [-0.4, -0.2) is 71.9 Å². The highest BCUT2D eigenvalue weighted by Crippen LogP contribution is 2.30. The summed E-state index contributed by atoms with van der Waals surface area (Å²) in [4.78, 5) is 35.5. The standard InChI is InChI=1S/C26H32N8O2/c1-3-27-26(35)30-20-6-4-19(5-7-20)24-31-22-10-13-33(23-8-11-28-18(2)29-23)12-9-21(22)25(32-24)34-14-16-36-17-15-34/h4-8,11H,3,9-10,12-17H2,1-2H3,(H2,27,30,35). The Bertz CT molecular complexity index is 1210. The zero-order valence-electron chi connectivity index (χ0n) is 20.8. The lowest BCUT2D eigenvalue weighted by molar-refractivity contribution is 0.122. The minimum absolute atomic E-state index is 0.218. The van der Waals surface area contributed by atoms with Crippen LogP contribution < -0.4 is 20.4 Å². The molecule has 3 aromatic rings. The highest BCUT2D eigenvalue weighted by atomic mass is 16.5. The van der Waals surface area contributed by atoms with Crippen molar-refractivity contribution in [2.24, 2.45) is 0 Å². The number of morpholine rings is 1. The number of aromatic nitrogens is 4. The van der Waals surface area contributed by atoms with E-state index in [9.17, 15) is 4.79 Å². The van der Waals surface area contributed by atoms with Gasteiger partial charge in [0.2, 0.25) is 0 Å². The van der Waals surface area contributed by atoms with Gasteiger partial charge in [-0.1, -0.05) is 0 Å². The number of hydrogen-bond acceptors (Lipinski definition) is 8. The minimum atomic E-state index is -0.218. The van der Waals surface area contributed by atoms with E-state index in [-0.39, 0.29) is 6.03 Å². The van der Waals surface area contributed by atoms with Crippen LogP contribution in [0, 0.1) is 6.92 Å². The Morgan fingerprint density at radius 2 is 1.75 bits per heavy atom. The lowest BCUT2D eigenvalue weighted by Crippen LogP contribution is -2.38. The fourth-order valence-electron chi connectivity index (χ4n) is 4.63. The third kappa shape index (κ3) is 5.38. The molecule has 0 spiro atoms. The Morgan fingerprint density at radius 1 is 0.972 bits per heavy atom. The van der Waals surface area contributed by atoms with Gasteiger partial charge < -0.3 is 25.2 Å². The van der Waals surface area contributed by atoms with Crippen molar-refractivity contribution in [3.8, 4) is 11.4 Å². The van der Waals surface area contributed by atoms with Crippen LogP contribution in [0.5, 0.6) is 0 Å². The summed E-state index contributed by atoms with van der Waals surface area (Å²) in [6, 6.07) is 9.43. The number of amides is 2. The molecule has 10 heteroatoms. The minimum Gasteiger partial charge on any atom is -0.378 e. The number of benzene rings is 1. The van der Waals surface area contributed by atoms with Gasteiger partial charge in [0.15, 0.2) is 5.82 Å². The van der Waals surface area contributed by atoms with Gasteiger partial charge >= 0.3 is 6.03 Å². The number of fused-ring (bicyclic) bond motifs is 1. The fourth-order valence-corrected chi connectivity index (χ4v) is 4.63. The van der Waals surface area contributed by atoms with Crippen LogP contribution in [0.3, 0.4) is 0 Å². The zero-order valence-corrected chi connectivity index (χ0v) is 20.8. The molecule has 1 aromatic carbocycles. The van der Waals surface area contributed by atoms with E-state index in [0.29, 0.717) is 25.6 Å². The molecule has 0 radical (unpaired) electrons. The average molecular weight is 489 g/mol. The first-order valence-electron chi connectivity index (χ1n) is 12.5. The Kier molecular flexibility index (Phi) is 7.22. The van der Waals surface area contributed by atoms with Crippen molar-refractivity contribution in [1.29, 1.82) is 0 Å². The number of nitrogens with one attached hydrogen (secondary N) is 2. The number of ether oxygens (including phenoxy) is 1. The Labute approximate surface area is 211 Å². The molecule has 10 nitrogen and oxygen atoms in total. The second kappa shape index (κ2) is 10.9. The highest BCUT2D eigenvalue weighted by Gasteiger charge is 2.25. The SMILES string of the molecule is CCNC(=O)Nc1ccc(-c2nc3c(c(N4CCOCC4)n2)CCN(c2ccnc(C)n2)CC3)cc1. The fraction of sp³-hybridized carbons (Fsp3) is 0.423. The second-order valence-electron chi connectivity index (χ2n) is 8.91. The van der Waals surface area contributed by atoms with Crippen LogP contribution in [0.2, 0.25) is 0 Å². The molecule has 0 bridgehead atoms. The maximum absolute atomic E-state index is 11.9. The van der Waals surface area contributed by atoms with Gasteiger partial charge in [-0.05, 0) is 50.6 Å². The second-order valence-corrected chi connectivity index (χ2v) is 8.91. The van der Waals surface area contributed by atoms with Gasteiger partial charge in [-0.2, -0.15) is 0 Å². The normalized spacial score (nSPS) is 15.7. The van der Waals surface area contributed by atoms with E-state index < -0.39 is 0 Å². The van der Waals surface area contributed by atoms with Crippen LogP contribution in [0.1, 0.15) is 24.0 Å². The molecule has 1 fully saturated rings. The summed E-state index contributed by atoms with van der Waals surface area (Å²) in [5, 5.41) is 5.58. The van der Waals surface area contributed by atoms with Crippen molar-refractivity contribution in [2.45, 2.75) is 26.7 Å². The van der Waals surface area contributed by atoms with E-state index in [1.807, 2.05) is 50.4 Å². The third-order valence-corrected chi connectivity index (χ3v) is 6.46. The van der Waals surface area contributed by atoms with Crippen molar-refractivity contribution < 1.29 is 9.53 Å². The van der Waals surface area contributed by atoms with Gasteiger partial charge in [0.05, 0.1) is 18.9 Å². The topological polar surface area (TPSA) is 108 Å². The maximum atomic E-state index is 11.9. The predicted octanol–water partition coefficient (Wildman–Crippen LogP) is 2.83. The Balaban J connectivity index is 1.45. The molecule has 0 unspecified atom stereocenters. The molecule has 0 saturated carbocycles. The molecule has 188 valence electrons. The molecule has 1 saturated heterocycles. The molecule has 2 aliphatic heterocycles. The van der Waals surface area contributed by atoms with Gasteiger partial charge in [-0.15, -0.1) is 0 Å². The lowest BCUT2D eigenvalue weighted by Gasteiger charge is -2.30. The van der Waals surface area contributed by atoms with Gasteiger partial charge in [-0.25, -0.2) is 24.7 Å². The van der Waals surface area contributed by atoms with Crippen LogP contribution in [-0.2, 0) is 17.6 Å². The number of carbonyl (C=O) groups is 1. The summed E-state index contributed by atoms with van der Waals surface area (Å²) in [5.41, 5.74) is 3.94. The lowest BCUT2D eigenvalue weighted by atomic mass is 10.1. The van der Waals surface area contributed by atoms with Crippen LogP contribution >= 0.6 is 0 Å². The molecule has 2 amide bonds. The molecule has 0 aliphatic carbocycles. The monoisotopic (exact) mass is 488 g/mol. The molecule has 2 aliphatic rings. The molecule has 2 aromatic heterocycles. The summed E-state index contributed by atoms with van der Waals surface area (Å²) in [5.74, 6) is 3.43. The summed E-state index contributed by atoms with van der Waals surface area (Å²) in [6.45, 7) is 9.08.